The lowest BCUT2D eigenvalue weighted by atomic mass is 10.1. The Kier molecular flexibility index (Phi) is 4.60. The average molecular weight is 230 g/mol. The molecular formula is C11H22N2OS. The Morgan fingerprint density at radius 3 is 2.80 bits per heavy atom. The molecule has 0 amide bonds. The van der Waals surface area contributed by atoms with E-state index < -0.39 is 10.8 Å². The predicted molar refractivity (Wildman–Crippen MR) is 64.6 cm³/mol. The molecule has 0 spiro atoms. The summed E-state index contributed by atoms with van der Waals surface area (Å²) in [5.41, 5.74) is 0. The summed E-state index contributed by atoms with van der Waals surface area (Å²) in [6.07, 6.45) is 5.33. The summed E-state index contributed by atoms with van der Waals surface area (Å²) in [6.45, 7) is 4.51. The van der Waals surface area contributed by atoms with Crippen LogP contribution in [0.25, 0.3) is 0 Å². The van der Waals surface area contributed by atoms with Gasteiger partial charge in [-0.2, -0.15) is 0 Å². The molecule has 2 heterocycles. The zero-order chi connectivity index (χ0) is 10.5. The molecule has 15 heavy (non-hydrogen) atoms. The van der Waals surface area contributed by atoms with Crippen LogP contribution >= 0.6 is 0 Å². The van der Waals surface area contributed by atoms with E-state index in [-0.39, 0.29) is 0 Å². The van der Waals surface area contributed by atoms with Gasteiger partial charge in [-0.25, -0.2) is 0 Å². The van der Waals surface area contributed by atoms with Crippen molar-refractivity contribution in [2.45, 2.75) is 31.7 Å². The van der Waals surface area contributed by atoms with E-state index in [4.69, 9.17) is 0 Å². The van der Waals surface area contributed by atoms with Gasteiger partial charge in [-0.15, -0.1) is 0 Å². The van der Waals surface area contributed by atoms with Gasteiger partial charge in [0.05, 0.1) is 0 Å². The second kappa shape index (κ2) is 5.97. The van der Waals surface area contributed by atoms with Gasteiger partial charge in [0.25, 0.3) is 0 Å². The van der Waals surface area contributed by atoms with Gasteiger partial charge in [0, 0.05) is 41.4 Å². The van der Waals surface area contributed by atoms with Crippen LogP contribution < -0.4 is 5.32 Å². The first kappa shape index (κ1) is 11.6. The molecule has 0 bridgehead atoms. The molecule has 0 aromatic rings. The van der Waals surface area contributed by atoms with Crippen LogP contribution in [0.3, 0.4) is 0 Å². The molecule has 0 radical (unpaired) electrons. The first-order valence-electron chi connectivity index (χ1n) is 6.15. The highest BCUT2D eigenvalue weighted by molar-refractivity contribution is 7.85. The zero-order valence-corrected chi connectivity index (χ0v) is 10.2. The highest BCUT2D eigenvalue weighted by Crippen LogP contribution is 2.11. The largest absolute Gasteiger partial charge is 0.314 e. The Hall–Kier alpha value is 0.0700. The maximum absolute atomic E-state index is 11.2. The molecule has 1 N–H and O–H groups in total. The zero-order valence-electron chi connectivity index (χ0n) is 9.41. The molecule has 0 saturated carbocycles. The fourth-order valence-corrected chi connectivity index (χ4v) is 3.59. The van der Waals surface area contributed by atoms with Crippen molar-refractivity contribution >= 4 is 10.8 Å². The smallest absolute Gasteiger partial charge is 0.0363 e. The van der Waals surface area contributed by atoms with Crippen molar-refractivity contribution in [3.63, 3.8) is 0 Å². The summed E-state index contributed by atoms with van der Waals surface area (Å²) < 4.78 is 11.2. The van der Waals surface area contributed by atoms with E-state index in [0.29, 0.717) is 0 Å². The van der Waals surface area contributed by atoms with Crippen molar-refractivity contribution in [1.29, 1.82) is 0 Å². The lowest BCUT2D eigenvalue weighted by Crippen LogP contribution is -2.38. The Labute approximate surface area is 95.1 Å². The van der Waals surface area contributed by atoms with Crippen LogP contribution in [0, 0.1) is 0 Å². The molecule has 2 fully saturated rings. The predicted octanol–water partition coefficient (Wildman–Crippen LogP) is 0.583. The molecule has 1 unspecified atom stereocenters. The normalized spacial score (nSPS) is 29.7. The van der Waals surface area contributed by atoms with Crippen molar-refractivity contribution < 1.29 is 4.21 Å². The van der Waals surface area contributed by atoms with E-state index in [1.54, 1.807) is 0 Å². The lowest BCUT2D eigenvalue weighted by Gasteiger charge is -2.26. The summed E-state index contributed by atoms with van der Waals surface area (Å²) >= 11 is 0. The highest BCUT2D eigenvalue weighted by Gasteiger charge is 2.16. The molecule has 2 saturated heterocycles. The molecular weight excluding hydrogens is 208 g/mol. The van der Waals surface area contributed by atoms with Gasteiger partial charge < -0.3 is 10.2 Å². The van der Waals surface area contributed by atoms with E-state index in [1.807, 2.05) is 0 Å². The van der Waals surface area contributed by atoms with Crippen molar-refractivity contribution in [2.75, 3.05) is 37.7 Å². The van der Waals surface area contributed by atoms with Crippen LogP contribution in [0.15, 0.2) is 0 Å². The molecule has 2 aliphatic rings. The lowest BCUT2D eigenvalue weighted by molar-refractivity contribution is 0.287. The third-order valence-corrected chi connectivity index (χ3v) is 4.74. The molecule has 2 aliphatic heterocycles. The van der Waals surface area contributed by atoms with Crippen molar-refractivity contribution in [1.82, 2.24) is 10.2 Å². The Morgan fingerprint density at radius 1 is 1.33 bits per heavy atom. The minimum atomic E-state index is -0.522. The third-order valence-electron chi connectivity index (χ3n) is 3.46. The van der Waals surface area contributed by atoms with Crippen LogP contribution in [0.1, 0.15) is 25.7 Å². The second-order valence-corrected chi connectivity index (χ2v) is 6.32. The average Bonchev–Trinajstić information content (AvgIpc) is 2.74. The van der Waals surface area contributed by atoms with E-state index in [0.717, 1.165) is 30.6 Å². The summed E-state index contributed by atoms with van der Waals surface area (Å²) in [4.78, 5) is 2.47. The van der Waals surface area contributed by atoms with Crippen LogP contribution in [-0.2, 0) is 10.8 Å². The van der Waals surface area contributed by atoms with Gasteiger partial charge in [0.1, 0.15) is 0 Å². The quantitative estimate of drug-likeness (QED) is 0.767. The maximum atomic E-state index is 11.2. The molecule has 88 valence electrons. The first-order chi connectivity index (χ1) is 7.34. The number of rotatable bonds is 4. The second-order valence-electron chi connectivity index (χ2n) is 4.63. The fourth-order valence-electron chi connectivity index (χ4n) is 2.46. The maximum Gasteiger partial charge on any atom is 0.0363 e. The van der Waals surface area contributed by atoms with E-state index in [1.165, 1.54) is 38.8 Å². The molecule has 0 aromatic carbocycles. The molecule has 1 atom stereocenters. The van der Waals surface area contributed by atoms with Crippen molar-refractivity contribution in [3.05, 3.63) is 0 Å². The van der Waals surface area contributed by atoms with Crippen LogP contribution in [0.5, 0.6) is 0 Å². The summed E-state index contributed by atoms with van der Waals surface area (Å²) in [7, 11) is -0.522. The van der Waals surface area contributed by atoms with Crippen LogP contribution in [-0.4, -0.2) is 52.8 Å². The summed E-state index contributed by atoms with van der Waals surface area (Å²) in [5.74, 6) is 1.78. The Balaban J connectivity index is 1.55. The monoisotopic (exact) mass is 230 g/mol. The van der Waals surface area contributed by atoms with E-state index in [2.05, 4.69) is 10.2 Å². The van der Waals surface area contributed by atoms with Crippen LogP contribution in [0.4, 0.5) is 0 Å². The van der Waals surface area contributed by atoms with Gasteiger partial charge in [-0.1, -0.05) is 0 Å². The standard InChI is InChI=1S/C11H22N2OS/c14-15-9-7-13(8-10-15)6-2-4-11-3-1-5-12-11/h11-12H,1-10H2. The first-order valence-corrected chi connectivity index (χ1v) is 7.64. The Bertz CT molecular complexity index is 207. The van der Waals surface area contributed by atoms with Gasteiger partial charge >= 0.3 is 0 Å². The minimum absolute atomic E-state index is 0.522. The SMILES string of the molecule is O=S1CCN(CCCC2CCCN2)CC1. The molecule has 0 aromatic heterocycles. The molecule has 4 heteroatoms. The minimum Gasteiger partial charge on any atom is -0.314 e. The third kappa shape index (κ3) is 3.85. The topological polar surface area (TPSA) is 32.3 Å². The van der Waals surface area contributed by atoms with E-state index >= 15 is 0 Å². The molecule has 2 rings (SSSR count). The summed E-state index contributed by atoms with van der Waals surface area (Å²) in [6, 6.07) is 0.781. The molecule has 0 aliphatic carbocycles. The summed E-state index contributed by atoms with van der Waals surface area (Å²) in [5, 5.41) is 3.53. The fraction of sp³-hybridized carbons (Fsp3) is 1.00. The number of hydrogen-bond acceptors (Lipinski definition) is 3. The van der Waals surface area contributed by atoms with Gasteiger partial charge in [-0.3, -0.25) is 4.21 Å². The van der Waals surface area contributed by atoms with Gasteiger partial charge in [0.2, 0.25) is 0 Å². The number of nitrogens with one attached hydrogen (secondary N) is 1. The number of hydrogen-bond donors (Lipinski definition) is 1. The molecule has 3 nitrogen and oxygen atoms in total. The van der Waals surface area contributed by atoms with Gasteiger partial charge in [-0.05, 0) is 38.8 Å². The number of nitrogens with zero attached hydrogens (tertiary/aromatic N) is 1. The van der Waals surface area contributed by atoms with Crippen molar-refractivity contribution in [3.8, 4) is 0 Å². The van der Waals surface area contributed by atoms with Crippen LogP contribution in [0.2, 0.25) is 0 Å². The van der Waals surface area contributed by atoms with E-state index in [9.17, 15) is 4.21 Å². The van der Waals surface area contributed by atoms with Crippen molar-refractivity contribution in [2.24, 2.45) is 0 Å². The highest BCUT2D eigenvalue weighted by atomic mass is 32.2. The van der Waals surface area contributed by atoms with Gasteiger partial charge in [0.15, 0.2) is 0 Å². The Morgan fingerprint density at radius 2 is 2.13 bits per heavy atom.